The van der Waals surface area contributed by atoms with E-state index in [1.165, 1.54) is 45.0 Å². The topological polar surface area (TPSA) is 4.93 Å². The van der Waals surface area contributed by atoms with Crippen LogP contribution in [0.25, 0.3) is 27.5 Å². The molecule has 0 N–H and O–H groups in total. The van der Waals surface area contributed by atoms with Gasteiger partial charge in [-0.25, -0.2) is 0 Å². The smallest absolute Gasteiger partial charge is 0.0585 e. The van der Waals surface area contributed by atoms with Crippen molar-refractivity contribution in [2.45, 2.75) is 137 Å². The van der Waals surface area contributed by atoms with Gasteiger partial charge in [-0.05, 0) is 47.1 Å². The van der Waals surface area contributed by atoms with Crippen LogP contribution in [-0.2, 0) is 77.3 Å². The second-order valence-corrected chi connectivity index (χ2v) is 9.60. The molecule has 1 aliphatic rings. The maximum absolute atomic E-state index is 2.54. The molecule has 0 bridgehead atoms. The number of benzene rings is 3. The van der Waals surface area contributed by atoms with Gasteiger partial charge in [-0.15, -0.1) is 0 Å². The van der Waals surface area contributed by atoms with Gasteiger partial charge in [0.25, 0.3) is 0 Å². The van der Waals surface area contributed by atoms with Crippen LogP contribution in [0.4, 0.5) is 0 Å². The van der Waals surface area contributed by atoms with Gasteiger partial charge in [0.05, 0.1) is 16.7 Å². The predicted molar refractivity (Wildman–Crippen MR) is 208 cm³/mol. The molecule has 0 amide bonds. The van der Waals surface area contributed by atoms with Crippen LogP contribution in [0, 0.1) is 26.7 Å². The molecule has 4 aromatic rings. The van der Waals surface area contributed by atoms with Crippen LogP contribution in [0.3, 0.4) is 0 Å². The molecule has 3 heteroatoms. The number of nitrogens with zero attached hydrogens (tertiary/aromatic N) is 1. The molecule has 1 nitrogen and oxygen atoms in total. The van der Waals surface area contributed by atoms with Gasteiger partial charge >= 0.3 is 0 Å². The number of aryl methyl sites for hydroxylation is 1. The van der Waals surface area contributed by atoms with Crippen molar-refractivity contribution in [1.29, 1.82) is 0 Å². The predicted octanol–water partition coefficient (Wildman–Crippen LogP) is 14.9. The summed E-state index contributed by atoms with van der Waals surface area (Å²) in [6.07, 6.45) is 2.32. The van der Waals surface area contributed by atoms with E-state index in [4.69, 9.17) is 0 Å². The second-order valence-electron chi connectivity index (χ2n) is 9.60. The Labute approximate surface area is 335 Å². The zero-order chi connectivity index (χ0) is 30.3. The quantitative estimate of drug-likeness (QED) is 0.183. The molecule has 5 rings (SSSR count). The summed E-state index contributed by atoms with van der Waals surface area (Å²) < 4.78 is 2.54. The van der Waals surface area contributed by atoms with Gasteiger partial charge in [0, 0.05) is 81.6 Å². The van der Waals surface area contributed by atoms with Crippen molar-refractivity contribution >= 4 is 21.8 Å². The van der Waals surface area contributed by atoms with E-state index < -0.39 is 0 Å². The van der Waals surface area contributed by atoms with Crippen molar-refractivity contribution in [1.82, 2.24) is 4.57 Å². The van der Waals surface area contributed by atoms with Crippen molar-refractivity contribution in [3.05, 3.63) is 92.2 Å². The monoisotopic (exact) mass is 771 g/mol. The zero-order valence-corrected chi connectivity index (χ0v) is 37.1. The fourth-order valence-corrected chi connectivity index (χ4v) is 6.12. The van der Waals surface area contributed by atoms with Gasteiger partial charge in [-0.1, -0.05) is 174 Å². The van der Waals surface area contributed by atoms with E-state index >= 15 is 0 Å². The minimum absolute atomic E-state index is 0. The summed E-state index contributed by atoms with van der Waals surface area (Å²) in [6.45, 7) is 32.2. The third-order valence-corrected chi connectivity index (χ3v) is 7.13. The fourth-order valence-electron chi connectivity index (χ4n) is 6.12. The Morgan fingerprint density at radius 3 is 1.47 bits per heavy atom. The molecule has 0 saturated carbocycles. The molecule has 256 valence electrons. The largest absolute Gasteiger partial charge is 0.358 e. The number of fused-ring (bicyclic) bond motifs is 5. The van der Waals surface area contributed by atoms with E-state index in [2.05, 4.69) is 114 Å². The molecule has 0 atom stereocenters. The molecular weight excluding hydrogens is 696 g/mol. The van der Waals surface area contributed by atoms with Crippen LogP contribution < -0.4 is 0 Å². The van der Waals surface area contributed by atoms with Gasteiger partial charge in [0.15, 0.2) is 0 Å². The van der Waals surface area contributed by atoms with Gasteiger partial charge in [-0.2, -0.15) is 0 Å². The minimum atomic E-state index is 0. The number of rotatable bonds is 3. The van der Waals surface area contributed by atoms with Gasteiger partial charge in [0.2, 0.25) is 0 Å². The standard InChI is InChI=1S/C27H29N.C3H8.4C2H6.2CH4.2CH3.2Y/c1-6-19-15-16-21-20-11-7-9-13-23(20)28-24-14-10-8-12-22(24)27(17(2)3,18(4)5)25(19)26(21)28;1-3-2;4*1-2;;;;;;/h7-18H,6H2,1-5H3;3H2,1-2H3;4*1-2H3;2*1H4;2*1H3;;/q;;;;;;;;2*-1;;. The first-order chi connectivity index (χ1) is 18.9. The summed E-state index contributed by atoms with van der Waals surface area (Å²) >= 11 is 0. The second kappa shape index (κ2) is 31.0. The van der Waals surface area contributed by atoms with Crippen molar-refractivity contribution in [3.8, 4) is 5.69 Å². The molecule has 0 aliphatic carbocycles. The van der Waals surface area contributed by atoms with E-state index in [1.807, 2.05) is 55.4 Å². The van der Waals surface area contributed by atoms with E-state index in [0.717, 1.165) is 6.42 Å². The summed E-state index contributed by atoms with van der Waals surface area (Å²) in [7, 11) is 0. The van der Waals surface area contributed by atoms with E-state index in [-0.39, 0.29) is 101 Å². The average molecular weight is 772 g/mol. The van der Waals surface area contributed by atoms with E-state index in [9.17, 15) is 0 Å². The molecule has 2 heterocycles. The Bertz CT molecular complexity index is 1230. The third-order valence-electron chi connectivity index (χ3n) is 7.13. The van der Waals surface area contributed by atoms with Crippen LogP contribution in [0.2, 0.25) is 0 Å². The van der Waals surface area contributed by atoms with Crippen LogP contribution >= 0.6 is 0 Å². The van der Waals surface area contributed by atoms with E-state index in [1.54, 1.807) is 5.56 Å². The van der Waals surface area contributed by atoms with Crippen molar-refractivity contribution < 1.29 is 65.4 Å². The Kier molecular flexibility index (Phi) is 41.3. The maximum Gasteiger partial charge on any atom is 0.0585 e. The Balaban J connectivity index is -0.000000154. The summed E-state index contributed by atoms with van der Waals surface area (Å²) in [5.41, 5.74) is 8.67. The van der Waals surface area contributed by atoms with Crippen LogP contribution in [0.15, 0.2) is 60.7 Å². The molecular formula is C42H75NY2-2. The molecule has 2 radical (unpaired) electrons. The number of hydrogen-bond donors (Lipinski definition) is 0. The Morgan fingerprint density at radius 2 is 1.02 bits per heavy atom. The summed E-state index contributed by atoms with van der Waals surface area (Å²) in [6, 6.07) is 22.8. The van der Waals surface area contributed by atoms with Crippen LogP contribution in [-0.4, -0.2) is 4.57 Å². The SMILES string of the molecule is C.C.CC.CC.CC.CC.CCC.CCc1ccc2c3ccccc3n3c2c1C(C(C)C)(C(C)C)c1ccccc1-3.[CH3-].[CH3-].[Y].[Y]. The zero-order valence-electron chi connectivity index (χ0n) is 31.4. The number of para-hydroxylation sites is 2. The molecule has 0 fully saturated rings. The van der Waals surface area contributed by atoms with Gasteiger partial charge < -0.3 is 19.4 Å². The van der Waals surface area contributed by atoms with Crippen molar-refractivity contribution in [2.75, 3.05) is 0 Å². The molecule has 3 aromatic carbocycles. The maximum atomic E-state index is 2.54. The van der Waals surface area contributed by atoms with Crippen LogP contribution in [0.5, 0.6) is 0 Å². The van der Waals surface area contributed by atoms with Crippen molar-refractivity contribution in [2.24, 2.45) is 11.8 Å². The minimum Gasteiger partial charge on any atom is -0.358 e. The fraction of sp³-hybridized carbons (Fsp3) is 0.524. The Hall–Kier alpha value is -0.332. The third kappa shape index (κ3) is 11.7. The number of hydrogen-bond acceptors (Lipinski definition) is 0. The normalized spacial score (nSPS) is 10.2. The number of aromatic nitrogens is 1. The first-order valence-electron chi connectivity index (χ1n) is 16.1. The molecule has 1 aromatic heterocycles. The summed E-state index contributed by atoms with van der Waals surface area (Å²) in [5, 5.41) is 2.75. The van der Waals surface area contributed by atoms with Crippen molar-refractivity contribution in [3.63, 3.8) is 0 Å². The first kappa shape index (κ1) is 60.0. The average Bonchev–Trinajstić information content (AvgIpc) is 3.33. The van der Waals surface area contributed by atoms with E-state index in [0.29, 0.717) is 11.8 Å². The summed E-state index contributed by atoms with van der Waals surface area (Å²) in [5.74, 6) is 1.02. The molecule has 0 unspecified atom stereocenters. The van der Waals surface area contributed by atoms with Crippen LogP contribution in [0.1, 0.15) is 142 Å². The summed E-state index contributed by atoms with van der Waals surface area (Å²) in [4.78, 5) is 0. The molecule has 1 aliphatic heterocycles. The van der Waals surface area contributed by atoms with Gasteiger partial charge in [-0.3, -0.25) is 0 Å². The van der Waals surface area contributed by atoms with Gasteiger partial charge in [0.1, 0.15) is 0 Å². The first-order valence-corrected chi connectivity index (χ1v) is 16.1. The molecule has 45 heavy (non-hydrogen) atoms. The molecule has 0 spiro atoms. The Morgan fingerprint density at radius 1 is 0.600 bits per heavy atom. The molecule has 0 saturated heterocycles.